The highest BCUT2D eigenvalue weighted by Gasteiger charge is 2.29. The lowest BCUT2D eigenvalue weighted by atomic mass is 9.90. The fourth-order valence-electron chi connectivity index (χ4n) is 2.49. The van der Waals surface area contributed by atoms with Crippen LogP contribution in [-0.4, -0.2) is 11.7 Å². The van der Waals surface area contributed by atoms with Crippen LogP contribution in [-0.2, 0) is 6.42 Å². The van der Waals surface area contributed by atoms with Crippen molar-refractivity contribution in [1.29, 1.82) is 0 Å². The van der Waals surface area contributed by atoms with Gasteiger partial charge in [-0.25, -0.2) is 0 Å². The normalized spacial score (nSPS) is 20.1. The van der Waals surface area contributed by atoms with Crippen molar-refractivity contribution in [1.82, 2.24) is 5.32 Å². The summed E-state index contributed by atoms with van der Waals surface area (Å²) in [6.45, 7) is 0.863. The van der Waals surface area contributed by atoms with Crippen LogP contribution < -0.4 is 5.32 Å². The molecule has 100 valence electrons. The molecule has 2 heterocycles. The summed E-state index contributed by atoms with van der Waals surface area (Å²) in [6, 6.07) is 9.88. The van der Waals surface area contributed by atoms with Crippen LogP contribution in [0.5, 0.6) is 0 Å². The molecule has 5 heteroatoms. The van der Waals surface area contributed by atoms with E-state index in [4.69, 9.17) is 4.42 Å². The van der Waals surface area contributed by atoms with Crippen molar-refractivity contribution in [3.05, 3.63) is 56.4 Å². The van der Waals surface area contributed by atoms with Gasteiger partial charge in [0, 0.05) is 0 Å². The zero-order valence-corrected chi connectivity index (χ0v) is 13.2. The highest BCUT2D eigenvalue weighted by atomic mass is 79.9. The molecule has 1 aliphatic rings. The molecule has 2 atom stereocenters. The van der Waals surface area contributed by atoms with E-state index in [2.05, 4.69) is 49.3 Å². The van der Waals surface area contributed by atoms with Gasteiger partial charge in [-0.1, -0.05) is 24.3 Å². The number of aliphatic hydroxyl groups is 1. The Labute approximate surface area is 128 Å². The van der Waals surface area contributed by atoms with Crippen molar-refractivity contribution in [2.45, 2.75) is 18.6 Å². The summed E-state index contributed by atoms with van der Waals surface area (Å²) in [7, 11) is 0. The quantitative estimate of drug-likeness (QED) is 0.826. The van der Waals surface area contributed by atoms with E-state index in [-0.39, 0.29) is 6.04 Å². The van der Waals surface area contributed by atoms with Gasteiger partial charge in [0.15, 0.2) is 4.67 Å². The fourth-order valence-corrected chi connectivity index (χ4v) is 3.10. The van der Waals surface area contributed by atoms with Gasteiger partial charge in [0.1, 0.15) is 11.9 Å². The first-order valence-electron chi connectivity index (χ1n) is 6.11. The Kier molecular flexibility index (Phi) is 3.80. The van der Waals surface area contributed by atoms with Crippen molar-refractivity contribution in [2.75, 3.05) is 6.54 Å². The molecule has 0 fully saturated rings. The second-order valence-electron chi connectivity index (χ2n) is 4.60. The minimum atomic E-state index is -0.705. The van der Waals surface area contributed by atoms with Gasteiger partial charge in [-0.2, -0.15) is 0 Å². The monoisotopic (exact) mass is 385 g/mol. The molecule has 1 aliphatic heterocycles. The summed E-state index contributed by atoms with van der Waals surface area (Å²) < 4.78 is 6.94. The molecule has 3 rings (SSSR count). The Morgan fingerprint density at radius 2 is 2.11 bits per heavy atom. The number of rotatable bonds is 2. The Morgan fingerprint density at radius 3 is 2.84 bits per heavy atom. The molecule has 0 aliphatic carbocycles. The minimum Gasteiger partial charge on any atom is -0.450 e. The lowest BCUT2D eigenvalue weighted by molar-refractivity contribution is 0.101. The standard InChI is InChI=1S/C14H13Br2NO2/c15-10-7-11(19-14(10)16)13(18)12-9-4-2-1-3-8(9)5-6-17-12/h1-4,7,12-13,17-18H,5-6H2. The second kappa shape index (κ2) is 5.40. The Morgan fingerprint density at radius 1 is 1.32 bits per heavy atom. The van der Waals surface area contributed by atoms with Gasteiger partial charge in [-0.15, -0.1) is 0 Å². The van der Waals surface area contributed by atoms with E-state index < -0.39 is 6.10 Å². The second-order valence-corrected chi connectivity index (χ2v) is 6.17. The van der Waals surface area contributed by atoms with E-state index in [9.17, 15) is 5.11 Å². The molecule has 0 radical (unpaired) electrons. The Bertz CT molecular complexity index is 577. The molecule has 2 N–H and O–H groups in total. The maximum atomic E-state index is 10.5. The van der Waals surface area contributed by atoms with Crippen LogP contribution in [0.25, 0.3) is 0 Å². The van der Waals surface area contributed by atoms with E-state index >= 15 is 0 Å². The number of aliphatic hydroxyl groups excluding tert-OH is 1. The van der Waals surface area contributed by atoms with E-state index in [1.807, 2.05) is 12.1 Å². The maximum Gasteiger partial charge on any atom is 0.183 e. The zero-order valence-electron chi connectivity index (χ0n) is 10.1. The number of nitrogens with one attached hydrogen (secondary N) is 1. The van der Waals surface area contributed by atoms with Crippen LogP contribution >= 0.6 is 31.9 Å². The molecule has 0 bridgehead atoms. The molecule has 0 saturated carbocycles. The number of hydrogen-bond acceptors (Lipinski definition) is 3. The maximum absolute atomic E-state index is 10.5. The van der Waals surface area contributed by atoms with E-state index in [0.717, 1.165) is 23.0 Å². The van der Waals surface area contributed by atoms with Crippen molar-refractivity contribution in [3.63, 3.8) is 0 Å². The smallest absolute Gasteiger partial charge is 0.183 e. The van der Waals surface area contributed by atoms with Crippen LogP contribution in [0.1, 0.15) is 29.0 Å². The molecule has 2 aromatic rings. The third-order valence-electron chi connectivity index (χ3n) is 3.42. The summed E-state index contributed by atoms with van der Waals surface area (Å²) in [4.78, 5) is 0. The molecule has 3 nitrogen and oxygen atoms in total. The summed E-state index contributed by atoms with van der Waals surface area (Å²) in [5, 5.41) is 13.9. The molecular weight excluding hydrogens is 374 g/mol. The summed E-state index contributed by atoms with van der Waals surface area (Å²) in [5.41, 5.74) is 2.43. The molecule has 0 amide bonds. The summed E-state index contributed by atoms with van der Waals surface area (Å²) >= 11 is 6.66. The predicted molar refractivity (Wildman–Crippen MR) is 80.0 cm³/mol. The zero-order chi connectivity index (χ0) is 13.4. The van der Waals surface area contributed by atoms with Crippen LogP contribution in [0, 0.1) is 0 Å². The lowest BCUT2D eigenvalue weighted by Gasteiger charge is -2.29. The van der Waals surface area contributed by atoms with Crippen molar-refractivity contribution < 1.29 is 9.52 Å². The summed E-state index contributed by atoms with van der Waals surface area (Å²) in [5.74, 6) is 0.549. The van der Waals surface area contributed by atoms with Crippen LogP contribution in [0.4, 0.5) is 0 Å². The third kappa shape index (κ3) is 2.52. The molecule has 1 aromatic heterocycles. The van der Waals surface area contributed by atoms with Gasteiger partial charge in [0.05, 0.1) is 10.5 Å². The van der Waals surface area contributed by atoms with Crippen LogP contribution in [0.2, 0.25) is 0 Å². The minimum absolute atomic E-state index is 0.130. The van der Waals surface area contributed by atoms with Gasteiger partial charge in [0.2, 0.25) is 0 Å². The fraction of sp³-hybridized carbons (Fsp3) is 0.286. The number of halogens is 2. The van der Waals surface area contributed by atoms with E-state index in [1.165, 1.54) is 5.56 Å². The first-order chi connectivity index (χ1) is 9.16. The first kappa shape index (κ1) is 13.4. The number of fused-ring (bicyclic) bond motifs is 1. The van der Waals surface area contributed by atoms with Gasteiger partial charge in [-0.3, -0.25) is 0 Å². The number of hydrogen-bond donors (Lipinski definition) is 2. The third-order valence-corrected chi connectivity index (χ3v) is 5.13. The molecule has 0 spiro atoms. The van der Waals surface area contributed by atoms with Gasteiger partial charge in [0.25, 0.3) is 0 Å². The average molecular weight is 387 g/mol. The summed E-state index contributed by atoms with van der Waals surface area (Å²) in [6.07, 6.45) is 0.286. The molecular formula is C14H13Br2NO2. The topological polar surface area (TPSA) is 45.4 Å². The first-order valence-corrected chi connectivity index (χ1v) is 7.69. The number of furan rings is 1. The largest absolute Gasteiger partial charge is 0.450 e. The highest BCUT2D eigenvalue weighted by molar-refractivity contribution is 9.13. The van der Waals surface area contributed by atoms with Gasteiger partial charge in [-0.05, 0) is 62.0 Å². The Balaban J connectivity index is 1.95. The molecule has 0 saturated heterocycles. The van der Waals surface area contributed by atoms with Crippen LogP contribution in [0.15, 0.2) is 43.9 Å². The Hall–Kier alpha value is -0.620. The average Bonchev–Trinajstić information content (AvgIpc) is 2.77. The predicted octanol–water partition coefficient (Wildman–Crippen LogP) is 3.73. The highest BCUT2D eigenvalue weighted by Crippen LogP contribution is 2.37. The molecule has 1 aromatic carbocycles. The number of benzene rings is 1. The van der Waals surface area contributed by atoms with E-state index in [0.29, 0.717) is 10.4 Å². The van der Waals surface area contributed by atoms with Crippen molar-refractivity contribution in [3.8, 4) is 0 Å². The molecule has 19 heavy (non-hydrogen) atoms. The molecule has 2 unspecified atom stereocenters. The van der Waals surface area contributed by atoms with Gasteiger partial charge >= 0.3 is 0 Å². The lowest BCUT2D eigenvalue weighted by Crippen LogP contribution is -2.33. The van der Waals surface area contributed by atoms with Gasteiger partial charge < -0.3 is 14.8 Å². The van der Waals surface area contributed by atoms with E-state index in [1.54, 1.807) is 6.07 Å². The van der Waals surface area contributed by atoms with Crippen LogP contribution in [0.3, 0.4) is 0 Å². The van der Waals surface area contributed by atoms with Crippen molar-refractivity contribution >= 4 is 31.9 Å². The van der Waals surface area contributed by atoms with Crippen molar-refractivity contribution in [2.24, 2.45) is 0 Å². The SMILES string of the molecule is OC(c1cc(Br)c(Br)o1)C1NCCc2ccccc21.